The van der Waals surface area contributed by atoms with E-state index in [0.29, 0.717) is 13.0 Å². The van der Waals surface area contributed by atoms with Gasteiger partial charge in [0.1, 0.15) is 5.82 Å². The van der Waals surface area contributed by atoms with Gasteiger partial charge in [0.15, 0.2) is 0 Å². The van der Waals surface area contributed by atoms with Crippen molar-refractivity contribution in [3.8, 4) is 0 Å². The van der Waals surface area contributed by atoms with Crippen LogP contribution in [0.2, 0.25) is 0 Å². The molecule has 2 N–H and O–H groups in total. The molecule has 0 heterocycles. The Morgan fingerprint density at radius 1 is 1.30 bits per heavy atom. The van der Waals surface area contributed by atoms with Crippen LogP contribution in [0.4, 0.5) is 4.39 Å². The van der Waals surface area contributed by atoms with E-state index >= 15 is 0 Å². The molecule has 0 radical (unpaired) electrons. The zero-order valence-corrected chi connectivity index (χ0v) is 13.1. The molecule has 1 aromatic carbocycles. The van der Waals surface area contributed by atoms with Gasteiger partial charge in [-0.1, -0.05) is 20.8 Å². The molecule has 0 fully saturated rings. The Bertz CT molecular complexity index is 577. The number of sulfonamides is 1. The molecule has 0 unspecified atom stereocenters. The van der Waals surface area contributed by atoms with Crippen molar-refractivity contribution in [1.82, 2.24) is 4.72 Å². The van der Waals surface area contributed by atoms with E-state index in [4.69, 9.17) is 5.11 Å². The highest BCUT2D eigenvalue weighted by Gasteiger charge is 2.19. The minimum absolute atomic E-state index is 0.0128. The Balaban J connectivity index is 2.96. The summed E-state index contributed by atoms with van der Waals surface area (Å²) >= 11 is 0. The third kappa shape index (κ3) is 4.54. The van der Waals surface area contributed by atoms with Crippen LogP contribution in [0.3, 0.4) is 0 Å². The Hall–Kier alpha value is -0.980. The molecule has 114 valence electrons. The summed E-state index contributed by atoms with van der Waals surface area (Å²) in [5.74, 6) is -0.568. The van der Waals surface area contributed by atoms with Gasteiger partial charge < -0.3 is 5.11 Å². The molecule has 0 atom stereocenters. The van der Waals surface area contributed by atoms with Crippen molar-refractivity contribution in [2.75, 3.05) is 6.54 Å². The van der Waals surface area contributed by atoms with Crippen LogP contribution >= 0.6 is 0 Å². The highest BCUT2D eigenvalue weighted by atomic mass is 32.2. The van der Waals surface area contributed by atoms with E-state index in [2.05, 4.69) is 4.72 Å². The number of halogens is 1. The molecular weight excluding hydrogens is 281 g/mol. The molecule has 0 saturated heterocycles. The van der Waals surface area contributed by atoms with Crippen molar-refractivity contribution in [2.45, 2.75) is 45.6 Å². The lowest BCUT2D eigenvalue weighted by Gasteiger charge is -2.18. The maximum Gasteiger partial charge on any atom is 0.240 e. The lowest BCUT2D eigenvalue weighted by atomic mass is 9.93. The first-order valence-electron chi connectivity index (χ1n) is 6.46. The number of hydrogen-bond donors (Lipinski definition) is 2. The van der Waals surface area contributed by atoms with Crippen molar-refractivity contribution in [3.05, 3.63) is 29.1 Å². The second kappa shape index (κ2) is 6.20. The number of aliphatic hydroxyl groups is 1. The third-order valence-corrected chi connectivity index (χ3v) is 4.39. The molecule has 0 aliphatic rings. The van der Waals surface area contributed by atoms with Crippen LogP contribution < -0.4 is 4.72 Å². The lowest BCUT2D eigenvalue weighted by Crippen LogP contribution is -2.27. The van der Waals surface area contributed by atoms with Gasteiger partial charge in [0, 0.05) is 12.1 Å². The van der Waals surface area contributed by atoms with Gasteiger partial charge in [0.2, 0.25) is 10.0 Å². The summed E-state index contributed by atoms with van der Waals surface area (Å²) in [7, 11) is -3.68. The zero-order chi connectivity index (χ0) is 15.6. The Labute approximate surface area is 120 Å². The van der Waals surface area contributed by atoms with Crippen LogP contribution in [-0.2, 0) is 16.6 Å². The Morgan fingerprint density at radius 2 is 1.90 bits per heavy atom. The molecule has 0 aliphatic heterocycles. The van der Waals surface area contributed by atoms with Gasteiger partial charge in [0.05, 0.1) is 11.5 Å². The summed E-state index contributed by atoms with van der Waals surface area (Å²) in [5.41, 5.74) is 0.214. The summed E-state index contributed by atoms with van der Waals surface area (Å²) in [5, 5.41) is 9.06. The zero-order valence-electron chi connectivity index (χ0n) is 12.3. The van der Waals surface area contributed by atoms with Gasteiger partial charge in [0.25, 0.3) is 0 Å². The summed E-state index contributed by atoms with van der Waals surface area (Å²) in [6, 6.07) is 2.44. The van der Waals surface area contributed by atoms with E-state index in [1.54, 1.807) is 0 Å². The monoisotopic (exact) mass is 303 g/mol. The molecule has 0 saturated carbocycles. The van der Waals surface area contributed by atoms with E-state index in [-0.39, 0.29) is 21.4 Å². The van der Waals surface area contributed by atoms with Crippen LogP contribution in [0.15, 0.2) is 17.0 Å². The fourth-order valence-corrected chi connectivity index (χ4v) is 2.89. The SMILES string of the molecule is Cc1cc(S(=O)(=O)NCCC(C)(C)C)cc(CO)c1F. The number of nitrogens with one attached hydrogen (secondary N) is 1. The largest absolute Gasteiger partial charge is 0.392 e. The minimum Gasteiger partial charge on any atom is -0.392 e. The predicted octanol–water partition coefficient (Wildman–Crippen LogP) is 2.34. The maximum absolute atomic E-state index is 13.6. The van der Waals surface area contributed by atoms with Gasteiger partial charge in [-0.3, -0.25) is 0 Å². The topological polar surface area (TPSA) is 66.4 Å². The van der Waals surface area contributed by atoms with Crippen LogP contribution in [0.1, 0.15) is 38.3 Å². The highest BCUT2D eigenvalue weighted by Crippen LogP contribution is 2.21. The summed E-state index contributed by atoms with van der Waals surface area (Å²) in [6.45, 7) is 7.32. The average Bonchev–Trinajstić information content (AvgIpc) is 2.30. The standard InChI is InChI=1S/C14H22FNO3S/c1-10-7-12(8-11(9-17)13(10)15)20(18,19)16-6-5-14(2,3)4/h7-8,16-17H,5-6,9H2,1-4H3. The average molecular weight is 303 g/mol. The van der Waals surface area contributed by atoms with E-state index in [1.807, 2.05) is 20.8 Å². The molecule has 20 heavy (non-hydrogen) atoms. The van der Waals surface area contributed by atoms with Gasteiger partial charge in [-0.2, -0.15) is 0 Å². The van der Waals surface area contributed by atoms with Crippen molar-refractivity contribution in [3.63, 3.8) is 0 Å². The molecule has 0 aromatic heterocycles. The van der Waals surface area contributed by atoms with Gasteiger partial charge in [-0.05, 0) is 36.5 Å². The Morgan fingerprint density at radius 3 is 2.40 bits per heavy atom. The van der Waals surface area contributed by atoms with Crippen LogP contribution in [0, 0.1) is 18.2 Å². The second-order valence-corrected chi connectivity index (χ2v) is 7.85. The molecular formula is C14H22FNO3S. The first kappa shape index (κ1) is 17.1. The predicted molar refractivity (Wildman–Crippen MR) is 76.3 cm³/mol. The summed E-state index contributed by atoms with van der Waals surface area (Å²) < 4.78 is 40.4. The molecule has 6 heteroatoms. The fraction of sp³-hybridized carbons (Fsp3) is 0.571. The van der Waals surface area contributed by atoms with Crippen LogP contribution in [0.5, 0.6) is 0 Å². The molecule has 0 bridgehead atoms. The number of benzene rings is 1. The van der Waals surface area contributed by atoms with Gasteiger partial charge >= 0.3 is 0 Å². The summed E-state index contributed by atoms with van der Waals surface area (Å²) in [4.78, 5) is -0.0191. The normalized spacial score (nSPS) is 12.7. The van der Waals surface area contributed by atoms with Crippen molar-refractivity contribution in [2.24, 2.45) is 5.41 Å². The van der Waals surface area contributed by atoms with Crippen molar-refractivity contribution < 1.29 is 17.9 Å². The minimum atomic E-state index is -3.68. The second-order valence-electron chi connectivity index (χ2n) is 6.08. The lowest BCUT2D eigenvalue weighted by molar-refractivity contribution is 0.275. The van der Waals surface area contributed by atoms with Gasteiger partial charge in [-0.25, -0.2) is 17.5 Å². The number of aryl methyl sites for hydroxylation is 1. The van der Waals surface area contributed by atoms with Crippen LogP contribution in [-0.4, -0.2) is 20.1 Å². The molecule has 0 spiro atoms. The van der Waals surface area contributed by atoms with Crippen molar-refractivity contribution >= 4 is 10.0 Å². The van der Waals surface area contributed by atoms with Crippen molar-refractivity contribution in [1.29, 1.82) is 0 Å². The van der Waals surface area contributed by atoms with Crippen LogP contribution in [0.25, 0.3) is 0 Å². The fourth-order valence-electron chi connectivity index (χ4n) is 1.72. The third-order valence-electron chi connectivity index (χ3n) is 2.95. The number of rotatable bonds is 5. The maximum atomic E-state index is 13.6. The van der Waals surface area contributed by atoms with E-state index in [0.717, 1.165) is 0 Å². The van der Waals surface area contributed by atoms with Gasteiger partial charge in [-0.15, -0.1) is 0 Å². The van der Waals surface area contributed by atoms with E-state index in [1.165, 1.54) is 19.1 Å². The number of hydrogen-bond acceptors (Lipinski definition) is 3. The van der Waals surface area contributed by atoms with E-state index in [9.17, 15) is 12.8 Å². The first-order chi connectivity index (χ1) is 9.07. The summed E-state index contributed by atoms with van der Waals surface area (Å²) in [6.07, 6.45) is 0.694. The quantitative estimate of drug-likeness (QED) is 0.877. The smallest absolute Gasteiger partial charge is 0.240 e. The Kier molecular flexibility index (Phi) is 5.29. The first-order valence-corrected chi connectivity index (χ1v) is 7.95. The molecule has 0 aliphatic carbocycles. The number of aliphatic hydroxyl groups excluding tert-OH is 1. The molecule has 4 nitrogen and oxygen atoms in total. The van der Waals surface area contributed by atoms with E-state index < -0.39 is 22.4 Å². The molecule has 1 aromatic rings. The molecule has 0 amide bonds. The molecule has 1 rings (SSSR count). The highest BCUT2D eigenvalue weighted by molar-refractivity contribution is 7.89.